The summed E-state index contributed by atoms with van der Waals surface area (Å²) >= 11 is 0. The van der Waals surface area contributed by atoms with Crippen LogP contribution < -0.4 is 4.72 Å². The first kappa shape index (κ1) is 16.8. The van der Waals surface area contributed by atoms with Crippen LogP contribution in [-0.2, 0) is 15.0 Å². The molecule has 1 aromatic rings. The average Bonchev–Trinajstić information content (AvgIpc) is 3.22. The standard InChI is InChI=1S/C14H18F2N2O3S/c1-3-18(4-2)22(20,21)17-14(19)12-8-10(12)11-7-9(15)5-6-13(11)16/h5-7,10,12H,3-4,8H2,1-2H3,(H,17,19)/t10-,12-/m1/s1. The summed E-state index contributed by atoms with van der Waals surface area (Å²) in [6, 6.07) is 3.05. The van der Waals surface area contributed by atoms with Crippen LogP contribution in [0.1, 0.15) is 31.7 Å². The number of rotatable bonds is 6. The predicted octanol–water partition coefficient (Wildman–Crippen LogP) is 1.77. The van der Waals surface area contributed by atoms with E-state index >= 15 is 0 Å². The largest absolute Gasteiger partial charge is 0.303 e. The van der Waals surface area contributed by atoms with Crippen molar-refractivity contribution in [2.24, 2.45) is 5.92 Å². The fourth-order valence-electron chi connectivity index (χ4n) is 2.46. The number of halogens is 2. The van der Waals surface area contributed by atoms with Crippen LogP contribution in [0, 0.1) is 17.6 Å². The van der Waals surface area contributed by atoms with Crippen molar-refractivity contribution in [2.45, 2.75) is 26.2 Å². The van der Waals surface area contributed by atoms with E-state index in [4.69, 9.17) is 0 Å². The van der Waals surface area contributed by atoms with Gasteiger partial charge in [-0.15, -0.1) is 0 Å². The predicted molar refractivity (Wildman–Crippen MR) is 77.2 cm³/mol. The zero-order valence-electron chi connectivity index (χ0n) is 12.3. The van der Waals surface area contributed by atoms with E-state index in [1.54, 1.807) is 13.8 Å². The van der Waals surface area contributed by atoms with E-state index in [1.807, 2.05) is 4.72 Å². The molecule has 0 heterocycles. The van der Waals surface area contributed by atoms with Gasteiger partial charge in [0.25, 0.3) is 0 Å². The first-order valence-corrected chi connectivity index (χ1v) is 8.50. The van der Waals surface area contributed by atoms with E-state index in [0.29, 0.717) is 6.42 Å². The molecular formula is C14H18F2N2O3S. The van der Waals surface area contributed by atoms with Gasteiger partial charge in [-0.05, 0) is 36.1 Å². The first-order valence-electron chi connectivity index (χ1n) is 7.06. The normalized spacial score (nSPS) is 21.0. The van der Waals surface area contributed by atoms with Gasteiger partial charge in [-0.25, -0.2) is 13.5 Å². The second-order valence-corrected chi connectivity index (χ2v) is 6.84. The highest BCUT2D eigenvalue weighted by atomic mass is 32.2. The van der Waals surface area contributed by atoms with Crippen LogP contribution in [0.3, 0.4) is 0 Å². The summed E-state index contributed by atoms with van der Waals surface area (Å²) in [5.41, 5.74) is 0.111. The first-order chi connectivity index (χ1) is 10.3. The Kier molecular flexibility index (Phi) is 4.81. The number of hydrogen-bond acceptors (Lipinski definition) is 3. The fraction of sp³-hybridized carbons (Fsp3) is 0.500. The van der Waals surface area contributed by atoms with E-state index < -0.39 is 39.6 Å². The molecule has 5 nitrogen and oxygen atoms in total. The van der Waals surface area contributed by atoms with Crippen molar-refractivity contribution in [3.8, 4) is 0 Å². The van der Waals surface area contributed by atoms with Crippen LogP contribution in [-0.4, -0.2) is 31.7 Å². The number of nitrogens with zero attached hydrogens (tertiary/aromatic N) is 1. The van der Waals surface area contributed by atoms with Crippen molar-refractivity contribution >= 4 is 16.1 Å². The number of carbonyl (C=O) groups is 1. The summed E-state index contributed by atoms with van der Waals surface area (Å²) in [6.45, 7) is 3.81. The summed E-state index contributed by atoms with van der Waals surface area (Å²) in [6.07, 6.45) is 0.306. The molecule has 0 bridgehead atoms. The molecule has 0 aromatic heterocycles. The van der Waals surface area contributed by atoms with Crippen LogP contribution in [0.15, 0.2) is 18.2 Å². The lowest BCUT2D eigenvalue weighted by Crippen LogP contribution is -2.44. The molecule has 2 atom stereocenters. The number of hydrogen-bond donors (Lipinski definition) is 1. The van der Waals surface area contributed by atoms with E-state index in [9.17, 15) is 22.0 Å². The maximum Gasteiger partial charge on any atom is 0.303 e. The molecule has 2 rings (SSSR count). The Morgan fingerprint density at radius 1 is 1.32 bits per heavy atom. The quantitative estimate of drug-likeness (QED) is 0.863. The molecule has 1 fully saturated rings. The lowest BCUT2D eigenvalue weighted by Gasteiger charge is -2.18. The van der Waals surface area contributed by atoms with Gasteiger partial charge in [-0.2, -0.15) is 12.7 Å². The number of benzene rings is 1. The van der Waals surface area contributed by atoms with Crippen LogP contribution >= 0.6 is 0 Å². The minimum Gasteiger partial charge on any atom is -0.274 e. The number of carbonyl (C=O) groups excluding carboxylic acids is 1. The van der Waals surface area contributed by atoms with E-state index in [2.05, 4.69) is 0 Å². The zero-order chi connectivity index (χ0) is 16.5. The third kappa shape index (κ3) is 3.44. The lowest BCUT2D eigenvalue weighted by atomic mass is 10.1. The Morgan fingerprint density at radius 2 is 1.95 bits per heavy atom. The molecule has 0 saturated heterocycles. The minimum absolute atomic E-state index is 0.111. The molecule has 122 valence electrons. The molecule has 0 spiro atoms. The third-order valence-corrected chi connectivity index (χ3v) is 5.41. The zero-order valence-corrected chi connectivity index (χ0v) is 13.2. The molecule has 1 aliphatic rings. The molecule has 0 radical (unpaired) electrons. The second kappa shape index (κ2) is 6.29. The van der Waals surface area contributed by atoms with Crippen LogP contribution in [0.2, 0.25) is 0 Å². The van der Waals surface area contributed by atoms with Crippen LogP contribution in [0.4, 0.5) is 8.78 Å². The van der Waals surface area contributed by atoms with E-state index in [1.165, 1.54) is 0 Å². The molecular weight excluding hydrogens is 314 g/mol. The molecule has 1 aliphatic carbocycles. The van der Waals surface area contributed by atoms with Gasteiger partial charge in [0.05, 0.1) is 0 Å². The molecule has 1 saturated carbocycles. The molecule has 1 amide bonds. The van der Waals surface area contributed by atoms with Crippen molar-refractivity contribution in [2.75, 3.05) is 13.1 Å². The maximum atomic E-state index is 13.6. The summed E-state index contributed by atoms with van der Waals surface area (Å²) in [4.78, 5) is 12.0. The number of amides is 1. The Bertz CT molecular complexity index is 675. The van der Waals surface area contributed by atoms with Gasteiger partial charge in [0.1, 0.15) is 11.6 Å². The van der Waals surface area contributed by atoms with Gasteiger partial charge < -0.3 is 0 Å². The Balaban J connectivity index is 2.06. The summed E-state index contributed by atoms with van der Waals surface area (Å²) in [5.74, 6) is -2.99. The van der Waals surface area contributed by atoms with Gasteiger partial charge in [-0.3, -0.25) is 4.79 Å². The molecule has 1 aromatic carbocycles. The van der Waals surface area contributed by atoms with Crippen molar-refractivity contribution in [1.82, 2.24) is 9.03 Å². The van der Waals surface area contributed by atoms with Gasteiger partial charge >= 0.3 is 10.2 Å². The smallest absolute Gasteiger partial charge is 0.274 e. The van der Waals surface area contributed by atoms with Gasteiger partial charge in [0.2, 0.25) is 5.91 Å². The highest BCUT2D eigenvalue weighted by molar-refractivity contribution is 7.87. The van der Waals surface area contributed by atoms with Crippen molar-refractivity contribution in [3.05, 3.63) is 35.4 Å². The molecule has 22 heavy (non-hydrogen) atoms. The molecule has 0 aliphatic heterocycles. The Labute approximate surface area is 128 Å². The van der Waals surface area contributed by atoms with E-state index in [0.717, 1.165) is 22.5 Å². The van der Waals surface area contributed by atoms with Crippen LogP contribution in [0.5, 0.6) is 0 Å². The Hall–Kier alpha value is -1.54. The topological polar surface area (TPSA) is 66.5 Å². The second-order valence-electron chi connectivity index (χ2n) is 5.17. The minimum atomic E-state index is -3.88. The van der Waals surface area contributed by atoms with Crippen molar-refractivity contribution < 1.29 is 22.0 Å². The molecule has 0 unspecified atom stereocenters. The molecule has 8 heteroatoms. The van der Waals surface area contributed by atoms with E-state index in [-0.39, 0.29) is 18.7 Å². The van der Waals surface area contributed by atoms with Crippen molar-refractivity contribution in [1.29, 1.82) is 0 Å². The highest BCUT2D eigenvalue weighted by Gasteiger charge is 2.46. The molecule has 1 N–H and O–H groups in total. The van der Waals surface area contributed by atoms with Crippen LogP contribution in [0.25, 0.3) is 0 Å². The van der Waals surface area contributed by atoms with Gasteiger partial charge in [0.15, 0.2) is 0 Å². The fourth-order valence-corrected chi connectivity index (χ4v) is 3.67. The summed E-state index contributed by atoms with van der Waals surface area (Å²) < 4.78 is 53.8. The Morgan fingerprint density at radius 3 is 2.55 bits per heavy atom. The van der Waals surface area contributed by atoms with Crippen molar-refractivity contribution in [3.63, 3.8) is 0 Å². The highest BCUT2D eigenvalue weighted by Crippen LogP contribution is 2.48. The lowest BCUT2D eigenvalue weighted by molar-refractivity contribution is -0.120. The number of nitrogens with one attached hydrogen (secondary N) is 1. The summed E-state index contributed by atoms with van der Waals surface area (Å²) in [7, 11) is -3.88. The monoisotopic (exact) mass is 332 g/mol. The van der Waals surface area contributed by atoms with Gasteiger partial charge in [-0.1, -0.05) is 13.8 Å². The third-order valence-electron chi connectivity index (χ3n) is 3.76. The SMILES string of the molecule is CCN(CC)S(=O)(=O)NC(=O)[C@@H]1C[C@@H]1c1cc(F)ccc1F. The summed E-state index contributed by atoms with van der Waals surface area (Å²) in [5, 5.41) is 0. The maximum absolute atomic E-state index is 13.6. The van der Waals surface area contributed by atoms with Gasteiger partial charge in [0, 0.05) is 19.0 Å². The average molecular weight is 332 g/mol.